The SMILES string of the molecule is CN=C(NC)NCc1ccc(F)c(Cl)c1. The third-order valence-electron chi connectivity index (χ3n) is 1.90. The predicted molar refractivity (Wildman–Crippen MR) is 60.7 cm³/mol. The molecule has 5 heteroatoms. The van der Waals surface area contributed by atoms with E-state index in [-0.39, 0.29) is 5.02 Å². The van der Waals surface area contributed by atoms with E-state index >= 15 is 0 Å². The number of nitrogens with one attached hydrogen (secondary N) is 2. The zero-order chi connectivity index (χ0) is 11.3. The highest BCUT2D eigenvalue weighted by atomic mass is 35.5. The fourth-order valence-electron chi connectivity index (χ4n) is 1.11. The number of hydrogen-bond acceptors (Lipinski definition) is 1. The van der Waals surface area contributed by atoms with Crippen LogP contribution in [0.1, 0.15) is 5.56 Å². The van der Waals surface area contributed by atoms with Gasteiger partial charge in [-0.2, -0.15) is 0 Å². The molecule has 15 heavy (non-hydrogen) atoms. The minimum absolute atomic E-state index is 0.133. The third-order valence-corrected chi connectivity index (χ3v) is 2.19. The molecule has 0 heterocycles. The topological polar surface area (TPSA) is 36.4 Å². The number of benzene rings is 1. The lowest BCUT2D eigenvalue weighted by Crippen LogP contribution is -2.34. The van der Waals surface area contributed by atoms with Crippen molar-refractivity contribution in [3.63, 3.8) is 0 Å². The summed E-state index contributed by atoms with van der Waals surface area (Å²) in [5.74, 6) is 0.272. The van der Waals surface area contributed by atoms with Gasteiger partial charge >= 0.3 is 0 Å². The Morgan fingerprint density at radius 3 is 2.80 bits per heavy atom. The molecule has 0 unspecified atom stereocenters. The molecule has 0 fully saturated rings. The van der Waals surface area contributed by atoms with Crippen molar-refractivity contribution in [1.29, 1.82) is 0 Å². The van der Waals surface area contributed by atoms with Gasteiger partial charge in [-0.1, -0.05) is 17.7 Å². The van der Waals surface area contributed by atoms with Crippen molar-refractivity contribution < 1.29 is 4.39 Å². The number of hydrogen-bond donors (Lipinski definition) is 2. The van der Waals surface area contributed by atoms with E-state index in [1.54, 1.807) is 26.2 Å². The molecule has 1 rings (SSSR count). The second-order valence-corrected chi connectivity index (χ2v) is 3.33. The van der Waals surface area contributed by atoms with Crippen molar-refractivity contribution >= 4 is 17.6 Å². The summed E-state index contributed by atoms with van der Waals surface area (Å²) in [7, 11) is 3.45. The monoisotopic (exact) mass is 229 g/mol. The first-order chi connectivity index (χ1) is 7.17. The molecule has 0 aliphatic heterocycles. The fourth-order valence-corrected chi connectivity index (χ4v) is 1.32. The van der Waals surface area contributed by atoms with Crippen LogP contribution >= 0.6 is 11.6 Å². The lowest BCUT2D eigenvalue weighted by atomic mass is 10.2. The fraction of sp³-hybridized carbons (Fsp3) is 0.300. The van der Waals surface area contributed by atoms with Crippen LogP contribution in [-0.4, -0.2) is 20.1 Å². The van der Waals surface area contributed by atoms with Crippen molar-refractivity contribution in [2.75, 3.05) is 14.1 Å². The van der Waals surface area contributed by atoms with Gasteiger partial charge in [0.1, 0.15) is 5.82 Å². The van der Waals surface area contributed by atoms with Crippen LogP contribution in [0, 0.1) is 5.82 Å². The molecule has 2 N–H and O–H groups in total. The van der Waals surface area contributed by atoms with E-state index in [1.807, 2.05) is 0 Å². The van der Waals surface area contributed by atoms with Crippen LogP contribution in [0.15, 0.2) is 23.2 Å². The minimum atomic E-state index is -0.404. The van der Waals surface area contributed by atoms with E-state index < -0.39 is 5.82 Å². The molecule has 0 atom stereocenters. The molecule has 0 aliphatic rings. The lowest BCUT2D eigenvalue weighted by Gasteiger charge is -2.08. The minimum Gasteiger partial charge on any atom is -0.359 e. The summed E-state index contributed by atoms with van der Waals surface area (Å²) in [6, 6.07) is 4.62. The van der Waals surface area contributed by atoms with E-state index in [0.717, 1.165) is 5.56 Å². The number of aliphatic imine (C=N–C) groups is 1. The molecule has 0 radical (unpaired) electrons. The second kappa shape index (κ2) is 5.56. The van der Waals surface area contributed by atoms with Crippen LogP contribution in [0.2, 0.25) is 5.02 Å². The Bertz CT molecular complexity index is 366. The van der Waals surface area contributed by atoms with Gasteiger partial charge in [0.2, 0.25) is 0 Å². The molecule has 0 bridgehead atoms. The van der Waals surface area contributed by atoms with Crippen LogP contribution in [0.25, 0.3) is 0 Å². The lowest BCUT2D eigenvalue weighted by molar-refractivity contribution is 0.627. The van der Waals surface area contributed by atoms with Gasteiger partial charge < -0.3 is 10.6 Å². The first-order valence-corrected chi connectivity index (χ1v) is 4.87. The van der Waals surface area contributed by atoms with Crippen LogP contribution in [0.5, 0.6) is 0 Å². The van der Waals surface area contributed by atoms with Gasteiger partial charge in [-0.05, 0) is 17.7 Å². The van der Waals surface area contributed by atoms with E-state index in [2.05, 4.69) is 15.6 Å². The van der Waals surface area contributed by atoms with Crippen LogP contribution in [0.4, 0.5) is 4.39 Å². The molecule has 0 spiro atoms. The summed E-state index contributed by atoms with van der Waals surface area (Å²) in [5.41, 5.74) is 0.901. The van der Waals surface area contributed by atoms with Gasteiger partial charge in [0.15, 0.2) is 5.96 Å². The molecule has 3 nitrogen and oxygen atoms in total. The summed E-state index contributed by atoms with van der Waals surface area (Å²) in [4.78, 5) is 3.95. The normalized spacial score (nSPS) is 11.3. The Kier molecular flexibility index (Phi) is 4.37. The van der Waals surface area contributed by atoms with Gasteiger partial charge in [-0.3, -0.25) is 4.99 Å². The Labute approximate surface area is 93.4 Å². The van der Waals surface area contributed by atoms with Crippen molar-refractivity contribution in [2.24, 2.45) is 4.99 Å². The molecule has 0 aliphatic carbocycles. The zero-order valence-electron chi connectivity index (χ0n) is 8.64. The quantitative estimate of drug-likeness (QED) is 0.599. The maximum absolute atomic E-state index is 12.8. The van der Waals surface area contributed by atoms with Gasteiger partial charge in [0.25, 0.3) is 0 Å². The number of rotatable bonds is 2. The second-order valence-electron chi connectivity index (χ2n) is 2.92. The maximum atomic E-state index is 12.8. The third kappa shape index (κ3) is 3.40. The molecular formula is C10H13ClFN3. The van der Waals surface area contributed by atoms with Crippen molar-refractivity contribution in [1.82, 2.24) is 10.6 Å². The summed E-state index contributed by atoms with van der Waals surface area (Å²) >= 11 is 5.65. The van der Waals surface area contributed by atoms with E-state index in [1.165, 1.54) is 6.07 Å². The first-order valence-electron chi connectivity index (χ1n) is 4.49. The number of guanidine groups is 1. The van der Waals surface area contributed by atoms with Crippen molar-refractivity contribution in [3.8, 4) is 0 Å². The highest BCUT2D eigenvalue weighted by Crippen LogP contribution is 2.15. The van der Waals surface area contributed by atoms with Crippen molar-refractivity contribution in [2.45, 2.75) is 6.54 Å². The van der Waals surface area contributed by atoms with Crippen LogP contribution in [-0.2, 0) is 6.54 Å². The van der Waals surface area contributed by atoms with Crippen LogP contribution in [0.3, 0.4) is 0 Å². The average molecular weight is 230 g/mol. The van der Waals surface area contributed by atoms with Gasteiger partial charge in [-0.15, -0.1) is 0 Å². The standard InChI is InChI=1S/C10H13ClFN3/c1-13-10(14-2)15-6-7-3-4-9(12)8(11)5-7/h3-5H,6H2,1-2H3,(H2,13,14,15). The summed E-state index contributed by atoms with van der Waals surface area (Å²) in [6.45, 7) is 0.549. The highest BCUT2D eigenvalue weighted by Gasteiger charge is 2.01. The highest BCUT2D eigenvalue weighted by molar-refractivity contribution is 6.30. The largest absolute Gasteiger partial charge is 0.359 e. The summed E-state index contributed by atoms with van der Waals surface area (Å²) in [6.07, 6.45) is 0. The van der Waals surface area contributed by atoms with E-state index in [4.69, 9.17) is 11.6 Å². The van der Waals surface area contributed by atoms with Crippen molar-refractivity contribution in [3.05, 3.63) is 34.6 Å². The molecule has 1 aromatic rings. The molecule has 0 aromatic heterocycles. The van der Waals surface area contributed by atoms with Gasteiger partial charge in [0.05, 0.1) is 5.02 Å². The Morgan fingerprint density at radius 2 is 2.27 bits per heavy atom. The smallest absolute Gasteiger partial charge is 0.190 e. The predicted octanol–water partition coefficient (Wildman–Crippen LogP) is 1.77. The van der Waals surface area contributed by atoms with Gasteiger partial charge in [0, 0.05) is 20.6 Å². The Balaban J connectivity index is 2.62. The van der Waals surface area contributed by atoms with Crippen LogP contribution < -0.4 is 10.6 Å². The summed E-state index contributed by atoms with van der Waals surface area (Å²) < 4.78 is 12.8. The van der Waals surface area contributed by atoms with Gasteiger partial charge in [-0.25, -0.2) is 4.39 Å². The maximum Gasteiger partial charge on any atom is 0.190 e. The molecule has 0 saturated heterocycles. The number of nitrogens with zero attached hydrogens (tertiary/aromatic N) is 1. The van der Waals surface area contributed by atoms with E-state index in [0.29, 0.717) is 12.5 Å². The summed E-state index contributed by atoms with van der Waals surface area (Å²) in [5, 5.41) is 6.05. The van der Waals surface area contributed by atoms with E-state index in [9.17, 15) is 4.39 Å². The zero-order valence-corrected chi connectivity index (χ0v) is 9.40. The Hall–Kier alpha value is -1.29. The average Bonchev–Trinajstić information content (AvgIpc) is 2.24. The first kappa shape index (κ1) is 11.8. The molecule has 0 saturated carbocycles. The Morgan fingerprint density at radius 1 is 1.53 bits per heavy atom. The number of halogens is 2. The molecule has 1 aromatic carbocycles. The molecule has 0 amide bonds. The molecule has 82 valence electrons. The molecular weight excluding hydrogens is 217 g/mol.